The number of fused-ring (bicyclic) bond motifs is 1. The van der Waals surface area contributed by atoms with E-state index in [2.05, 4.69) is 4.98 Å². The molecule has 0 unspecified atom stereocenters. The van der Waals surface area contributed by atoms with Gasteiger partial charge in [0.05, 0.1) is 23.8 Å². The molecule has 1 aromatic carbocycles. The van der Waals surface area contributed by atoms with Crippen molar-refractivity contribution in [2.24, 2.45) is 0 Å². The SMILES string of the molecule is COc1ccc2c(c1)c(C(=O)C(F)(F)F)c(C)n2C(=O)c1cccnc1. The van der Waals surface area contributed by atoms with Crippen molar-refractivity contribution in [1.82, 2.24) is 9.55 Å². The third kappa shape index (κ3) is 2.83. The van der Waals surface area contributed by atoms with E-state index < -0.39 is 23.4 Å². The summed E-state index contributed by atoms with van der Waals surface area (Å²) in [4.78, 5) is 28.6. The van der Waals surface area contributed by atoms with Crippen molar-refractivity contribution in [3.05, 3.63) is 59.5 Å². The first-order valence-corrected chi connectivity index (χ1v) is 7.51. The van der Waals surface area contributed by atoms with Gasteiger partial charge in [-0.2, -0.15) is 13.2 Å². The number of hydrogen-bond donors (Lipinski definition) is 0. The van der Waals surface area contributed by atoms with Crippen LogP contribution in [0, 0.1) is 6.92 Å². The summed E-state index contributed by atoms with van der Waals surface area (Å²) >= 11 is 0. The van der Waals surface area contributed by atoms with Crippen LogP contribution in [0.4, 0.5) is 13.2 Å². The minimum atomic E-state index is -5.07. The van der Waals surface area contributed by atoms with E-state index in [-0.39, 0.29) is 27.9 Å². The molecule has 2 aromatic heterocycles. The second-order valence-corrected chi connectivity index (χ2v) is 5.55. The molecule has 0 fully saturated rings. The fourth-order valence-corrected chi connectivity index (χ4v) is 2.83. The van der Waals surface area contributed by atoms with E-state index in [1.165, 1.54) is 50.7 Å². The molecule has 3 rings (SSSR count). The van der Waals surface area contributed by atoms with Crippen LogP contribution in [-0.2, 0) is 0 Å². The van der Waals surface area contributed by atoms with Crippen molar-refractivity contribution < 1.29 is 27.5 Å². The number of ether oxygens (including phenoxy) is 1. The summed E-state index contributed by atoms with van der Waals surface area (Å²) in [5, 5.41) is 0.00131. The van der Waals surface area contributed by atoms with Gasteiger partial charge in [-0.25, -0.2) is 0 Å². The summed E-state index contributed by atoms with van der Waals surface area (Å²) in [5.74, 6) is -2.31. The molecule has 5 nitrogen and oxygen atoms in total. The van der Waals surface area contributed by atoms with Crippen LogP contribution in [0.3, 0.4) is 0 Å². The van der Waals surface area contributed by atoms with E-state index >= 15 is 0 Å². The third-order valence-corrected chi connectivity index (χ3v) is 4.01. The number of alkyl halides is 3. The van der Waals surface area contributed by atoms with Gasteiger partial charge in [0.25, 0.3) is 11.7 Å². The molecule has 134 valence electrons. The van der Waals surface area contributed by atoms with Gasteiger partial charge in [-0.05, 0) is 37.3 Å². The standard InChI is InChI=1S/C18H13F3N2O3/c1-10-15(16(24)18(19,20)21)13-8-12(26-2)5-6-14(13)23(10)17(25)11-4-3-7-22-9-11/h3-9H,1-2H3. The Morgan fingerprint density at radius 1 is 1.19 bits per heavy atom. The minimum Gasteiger partial charge on any atom is -0.497 e. The highest BCUT2D eigenvalue weighted by molar-refractivity contribution is 6.15. The maximum absolute atomic E-state index is 13.1. The van der Waals surface area contributed by atoms with E-state index in [4.69, 9.17) is 4.74 Å². The fraction of sp³-hybridized carbons (Fsp3) is 0.167. The summed E-state index contributed by atoms with van der Waals surface area (Å²) in [6, 6.07) is 7.31. The monoisotopic (exact) mass is 362 g/mol. The normalized spacial score (nSPS) is 11.6. The number of hydrogen-bond acceptors (Lipinski definition) is 4. The summed E-state index contributed by atoms with van der Waals surface area (Å²) in [6.45, 7) is 1.31. The second kappa shape index (κ2) is 6.29. The Labute approximate surface area is 146 Å². The van der Waals surface area contributed by atoms with E-state index in [0.29, 0.717) is 0 Å². The number of nitrogens with zero attached hydrogens (tertiary/aromatic N) is 2. The van der Waals surface area contributed by atoms with Gasteiger partial charge < -0.3 is 4.74 Å². The van der Waals surface area contributed by atoms with E-state index in [9.17, 15) is 22.8 Å². The average Bonchev–Trinajstić information content (AvgIpc) is 2.91. The predicted molar refractivity (Wildman–Crippen MR) is 87.6 cm³/mol. The van der Waals surface area contributed by atoms with Crippen LogP contribution in [-0.4, -0.2) is 34.5 Å². The lowest BCUT2D eigenvalue weighted by Gasteiger charge is -2.08. The lowest BCUT2D eigenvalue weighted by atomic mass is 10.1. The Balaban J connectivity index is 2.33. The van der Waals surface area contributed by atoms with E-state index in [1.54, 1.807) is 6.07 Å². The molecule has 0 amide bonds. The third-order valence-electron chi connectivity index (χ3n) is 4.01. The number of aromatic nitrogens is 2. The second-order valence-electron chi connectivity index (χ2n) is 5.55. The number of Topliss-reactive ketones (excluding diaryl/α,β-unsaturated/α-hetero) is 1. The molecular weight excluding hydrogens is 349 g/mol. The zero-order valence-corrected chi connectivity index (χ0v) is 13.8. The molecule has 0 N–H and O–H groups in total. The summed E-state index contributed by atoms with van der Waals surface area (Å²) in [6.07, 6.45) is -2.28. The number of carbonyl (C=O) groups is 2. The zero-order chi connectivity index (χ0) is 19.1. The quantitative estimate of drug-likeness (QED) is 0.665. The summed E-state index contributed by atoms with van der Waals surface area (Å²) in [5.41, 5.74) is -0.285. The number of pyridine rings is 1. The molecule has 0 atom stereocenters. The zero-order valence-electron chi connectivity index (χ0n) is 13.8. The molecule has 0 aliphatic carbocycles. The van der Waals surface area contributed by atoms with Gasteiger partial charge in [-0.3, -0.25) is 19.1 Å². The van der Waals surface area contributed by atoms with E-state index in [1.807, 2.05) is 0 Å². The van der Waals surface area contributed by atoms with Crippen LogP contribution in [0.1, 0.15) is 26.4 Å². The molecule has 3 aromatic rings. The van der Waals surface area contributed by atoms with Crippen molar-refractivity contribution in [2.45, 2.75) is 13.1 Å². The molecule has 0 saturated heterocycles. The number of ketones is 1. The smallest absolute Gasteiger partial charge is 0.454 e. The number of benzene rings is 1. The van der Waals surface area contributed by atoms with E-state index in [0.717, 1.165) is 4.57 Å². The van der Waals surface area contributed by atoms with Crippen LogP contribution in [0.25, 0.3) is 10.9 Å². The first kappa shape index (κ1) is 17.7. The molecule has 0 radical (unpaired) electrons. The Kier molecular flexibility index (Phi) is 4.27. The molecule has 8 heteroatoms. The summed E-state index contributed by atoms with van der Waals surface area (Å²) < 4.78 is 45.3. The Hall–Kier alpha value is -3.16. The number of halogens is 3. The average molecular weight is 362 g/mol. The first-order chi connectivity index (χ1) is 12.3. The molecule has 0 spiro atoms. The van der Waals surface area contributed by atoms with Gasteiger partial charge in [0.2, 0.25) is 0 Å². The molecular formula is C18H13F3N2O3. The van der Waals surface area contributed by atoms with Gasteiger partial charge in [0.15, 0.2) is 0 Å². The molecule has 0 aliphatic heterocycles. The molecule has 0 bridgehead atoms. The number of methoxy groups -OCH3 is 1. The van der Waals surface area contributed by atoms with Gasteiger partial charge in [0, 0.05) is 23.5 Å². The van der Waals surface area contributed by atoms with Crippen molar-refractivity contribution in [3.8, 4) is 5.75 Å². The van der Waals surface area contributed by atoms with Crippen molar-refractivity contribution >= 4 is 22.6 Å². The van der Waals surface area contributed by atoms with Crippen LogP contribution in [0.15, 0.2) is 42.7 Å². The number of rotatable bonds is 3. The lowest BCUT2D eigenvalue weighted by molar-refractivity contribution is -0.0884. The van der Waals surface area contributed by atoms with Crippen molar-refractivity contribution in [1.29, 1.82) is 0 Å². The first-order valence-electron chi connectivity index (χ1n) is 7.51. The highest BCUT2D eigenvalue weighted by atomic mass is 19.4. The van der Waals surface area contributed by atoms with Gasteiger partial charge in [0.1, 0.15) is 5.75 Å². The Morgan fingerprint density at radius 2 is 1.92 bits per heavy atom. The molecule has 2 heterocycles. The van der Waals surface area contributed by atoms with Gasteiger partial charge in [-0.1, -0.05) is 0 Å². The molecule has 0 aliphatic rings. The van der Waals surface area contributed by atoms with Crippen LogP contribution < -0.4 is 4.74 Å². The van der Waals surface area contributed by atoms with Gasteiger partial charge in [-0.15, -0.1) is 0 Å². The van der Waals surface area contributed by atoms with Crippen LogP contribution in [0.5, 0.6) is 5.75 Å². The van der Waals surface area contributed by atoms with Crippen molar-refractivity contribution in [3.63, 3.8) is 0 Å². The molecule has 0 saturated carbocycles. The predicted octanol–water partition coefficient (Wildman–Crippen LogP) is 3.79. The highest BCUT2D eigenvalue weighted by Gasteiger charge is 2.42. The fourth-order valence-electron chi connectivity index (χ4n) is 2.83. The summed E-state index contributed by atoms with van der Waals surface area (Å²) in [7, 11) is 1.36. The van der Waals surface area contributed by atoms with Crippen molar-refractivity contribution in [2.75, 3.05) is 7.11 Å². The molecule has 26 heavy (non-hydrogen) atoms. The Bertz CT molecular complexity index is 1010. The minimum absolute atomic E-state index is 0.00131. The van der Waals surface area contributed by atoms with Gasteiger partial charge >= 0.3 is 6.18 Å². The maximum atomic E-state index is 13.1. The lowest BCUT2D eigenvalue weighted by Crippen LogP contribution is -2.24. The highest BCUT2D eigenvalue weighted by Crippen LogP contribution is 2.34. The number of carbonyl (C=O) groups excluding carboxylic acids is 2. The maximum Gasteiger partial charge on any atom is 0.454 e. The Morgan fingerprint density at radius 3 is 2.50 bits per heavy atom. The van der Waals surface area contributed by atoms with Crippen LogP contribution in [0.2, 0.25) is 0 Å². The van der Waals surface area contributed by atoms with Crippen LogP contribution >= 0.6 is 0 Å². The largest absolute Gasteiger partial charge is 0.497 e. The topological polar surface area (TPSA) is 61.2 Å².